The molecule has 1 N–H and O–H groups in total. The number of hydrogen-bond acceptors (Lipinski definition) is 5. The zero-order valence-corrected chi connectivity index (χ0v) is 15.3. The molecule has 1 heterocycles. The van der Waals surface area contributed by atoms with Gasteiger partial charge < -0.3 is 14.6 Å². The van der Waals surface area contributed by atoms with Crippen molar-refractivity contribution in [3.63, 3.8) is 0 Å². The molecule has 0 aromatic heterocycles. The maximum atomic E-state index is 12.4. The molecule has 0 aliphatic carbocycles. The van der Waals surface area contributed by atoms with E-state index in [1.54, 1.807) is 13.2 Å². The highest BCUT2D eigenvalue weighted by Crippen LogP contribution is 2.25. The lowest BCUT2D eigenvalue weighted by atomic mass is 10.0. The molecular weight excluding hydrogens is 362 g/mol. The summed E-state index contributed by atoms with van der Waals surface area (Å²) in [5, 5.41) is 8.68. The number of carbonyl (C=O) groups is 3. The van der Waals surface area contributed by atoms with E-state index in [2.05, 4.69) is 0 Å². The number of rotatable bonds is 7. The van der Waals surface area contributed by atoms with Crippen molar-refractivity contribution in [3.8, 4) is 16.9 Å². The van der Waals surface area contributed by atoms with Crippen molar-refractivity contribution in [1.29, 1.82) is 0 Å². The van der Waals surface area contributed by atoms with Crippen molar-refractivity contribution in [1.82, 2.24) is 4.90 Å². The molecule has 28 heavy (non-hydrogen) atoms. The molecule has 0 radical (unpaired) electrons. The van der Waals surface area contributed by atoms with Crippen LogP contribution in [0.5, 0.6) is 5.75 Å². The van der Waals surface area contributed by atoms with Gasteiger partial charge in [-0.25, -0.2) is 9.69 Å². The number of cyclic esters (lactones) is 1. The Bertz CT molecular complexity index is 932. The molecule has 3 rings (SSSR count). The molecule has 0 unspecified atom stereocenters. The molecule has 2 aromatic carbocycles. The summed E-state index contributed by atoms with van der Waals surface area (Å²) in [4.78, 5) is 35.8. The molecule has 1 aliphatic rings. The number of imide groups is 1. The zero-order chi connectivity index (χ0) is 20.1. The highest BCUT2D eigenvalue weighted by Gasteiger charge is 2.36. The summed E-state index contributed by atoms with van der Waals surface area (Å²) in [5.41, 5.74) is 2.62. The van der Waals surface area contributed by atoms with Crippen molar-refractivity contribution >= 4 is 24.0 Å². The Kier molecular flexibility index (Phi) is 5.74. The maximum Gasteiger partial charge on any atom is 0.422 e. The largest absolute Gasteiger partial charge is 0.497 e. The van der Waals surface area contributed by atoms with Crippen LogP contribution in [0, 0.1) is 0 Å². The Balaban J connectivity index is 1.77. The second-order valence-corrected chi connectivity index (χ2v) is 6.18. The quantitative estimate of drug-likeness (QED) is 0.738. The summed E-state index contributed by atoms with van der Waals surface area (Å²) < 4.78 is 10.2. The van der Waals surface area contributed by atoms with Crippen LogP contribution in [0.1, 0.15) is 18.4 Å². The molecule has 144 valence electrons. The Hall–Kier alpha value is -3.61. The van der Waals surface area contributed by atoms with E-state index >= 15 is 0 Å². The van der Waals surface area contributed by atoms with E-state index in [0.717, 1.165) is 21.8 Å². The van der Waals surface area contributed by atoms with E-state index in [4.69, 9.17) is 14.6 Å². The normalized spacial score (nSPS) is 15.0. The van der Waals surface area contributed by atoms with Crippen LogP contribution < -0.4 is 4.74 Å². The summed E-state index contributed by atoms with van der Waals surface area (Å²) >= 11 is 0. The molecule has 1 fully saturated rings. The topological polar surface area (TPSA) is 93.1 Å². The van der Waals surface area contributed by atoms with Crippen LogP contribution in [-0.4, -0.2) is 41.6 Å². The van der Waals surface area contributed by atoms with Crippen molar-refractivity contribution in [2.45, 2.75) is 12.8 Å². The first-order chi connectivity index (χ1) is 13.5. The van der Waals surface area contributed by atoms with Gasteiger partial charge in [0.15, 0.2) is 5.76 Å². The fourth-order valence-corrected chi connectivity index (χ4v) is 2.82. The number of amides is 2. The summed E-state index contributed by atoms with van der Waals surface area (Å²) in [6.45, 7) is 0.00714. The van der Waals surface area contributed by atoms with Gasteiger partial charge in [-0.3, -0.25) is 9.59 Å². The number of benzene rings is 2. The van der Waals surface area contributed by atoms with Crippen LogP contribution >= 0.6 is 0 Å². The third-order valence-electron chi connectivity index (χ3n) is 4.25. The second-order valence-electron chi connectivity index (χ2n) is 6.18. The van der Waals surface area contributed by atoms with Crippen molar-refractivity contribution in [3.05, 3.63) is 59.9 Å². The lowest BCUT2D eigenvalue weighted by molar-refractivity contribution is -0.137. The van der Waals surface area contributed by atoms with Gasteiger partial charge in [0.25, 0.3) is 5.91 Å². The number of hydrogen-bond donors (Lipinski definition) is 1. The SMILES string of the molecule is COc1ccc(-c2cccc(C=C3OC(=O)N(CCCC(=O)O)C3=O)c2)cc1. The number of aliphatic carboxylic acids is 1. The Morgan fingerprint density at radius 3 is 2.57 bits per heavy atom. The molecule has 2 amide bonds. The van der Waals surface area contributed by atoms with Crippen molar-refractivity contribution in [2.75, 3.05) is 13.7 Å². The van der Waals surface area contributed by atoms with Crippen LogP contribution in [0.25, 0.3) is 17.2 Å². The average molecular weight is 381 g/mol. The Morgan fingerprint density at radius 1 is 1.14 bits per heavy atom. The lowest BCUT2D eigenvalue weighted by Crippen LogP contribution is -2.30. The fraction of sp³-hybridized carbons (Fsp3) is 0.190. The van der Waals surface area contributed by atoms with E-state index < -0.39 is 18.0 Å². The first kappa shape index (κ1) is 19.2. The zero-order valence-electron chi connectivity index (χ0n) is 15.3. The van der Waals surface area contributed by atoms with Gasteiger partial charge in [-0.15, -0.1) is 0 Å². The number of methoxy groups -OCH3 is 1. The molecule has 0 bridgehead atoms. The van der Waals surface area contributed by atoms with E-state index in [0.29, 0.717) is 5.56 Å². The predicted octanol–water partition coefficient (Wildman–Crippen LogP) is 3.55. The van der Waals surface area contributed by atoms with Gasteiger partial charge in [-0.05, 0) is 47.4 Å². The van der Waals surface area contributed by atoms with Gasteiger partial charge in [0.05, 0.1) is 7.11 Å². The van der Waals surface area contributed by atoms with Crippen molar-refractivity contribution < 1.29 is 29.0 Å². The number of carbonyl (C=O) groups excluding carboxylic acids is 2. The lowest BCUT2D eigenvalue weighted by Gasteiger charge is -2.08. The molecule has 0 saturated carbocycles. The van der Waals surface area contributed by atoms with Gasteiger partial charge >= 0.3 is 12.1 Å². The van der Waals surface area contributed by atoms with Gasteiger partial charge in [0, 0.05) is 13.0 Å². The van der Waals surface area contributed by atoms with Crippen LogP contribution in [0.3, 0.4) is 0 Å². The van der Waals surface area contributed by atoms with Gasteiger partial charge in [-0.1, -0.05) is 30.3 Å². The summed E-state index contributed by atoms with van der Waals surface area (Å²) in [6.07, 6.45) is 0.772. The number of nitrogens with zero attached hydrogens (tertiary/aromatic N) is 1. The van der Waals surface area contributed by atoms with Gasteiger partial charge in [-0.2, -0.15) is 0 Å². The Labute approximate surface area is 161 Å². The predicted molar refractivity (Wildman–Crippen MR) is 101 cm³/mol. The van der Waals surface area contributed by atoms with E-state index in [-0.39, 0.29) is 25.1 Å². The monoisotopic (exact) mass is 381 g/mol. The molecule has 2 aromatic rings. The molecule has 1 saturated heterocycles. The third kappa shape index (κ3) is 4.37. The minimum absolute atomic E-state index is 0.00714. The molecule has 7 nitrogen and oxygen atoms in total. The maximum absolute atomic E-state index is 12.4. The standard InChI is InChI=1S/C21H19NO6/c1-27-17-9-7-15(8-10-17)16-5-2-4-14(12-16)13-18-20(25)22(21(26)28-18)11-3-6-19(23)24/h2,4-5,7-10,12-13H,3,6,11H2,1H3,(H,23,24). The van der Waals surface area contributed by atoms with Crippen LogP contribution in [0.4, 0.5) is 4.79 Å². The Morgan fingerprint density at radius 2 is 1.89 bits per heavy atom. The number of ether oxygens (including phenoxy) is 2. The minimum atomic E-state index is -0.980. The summed E-state index contributed by atoms with van der Waals surface area (Å²) in [6, 6.07) is 15.0. The summed E-state index contributed by atoms with van der Waals surface area (Å²) in [7, 11) is 1.60. The van der Waals surface area contributed by atoms with Crippen LogP contribution in [0.2, 0.25) is 0 Å². The number of carboxylic acids is 1. The third-order valence-corrected chi connectivity index (χ3v) is 4.25. The van der Waals surface area contributed by atoms with Crippen molar-refractivity contribution in [2.24, 2.45) is 0 Å². The van der Waals surface area contributed by atoms with E-state index in [1.807, 2.05) is 42.5 Å². The molecule has 1 aliphatic heterocycles. The number of carboxylic acid groups (broad SMARTS) is 1. The fourth-order valence-electron chi connectivity index (χ4n) is 2.82. The molecule has 7 heteroatoms. The van der Waals surface area contributed by atoms with E-state index in [9.17, 15) is 14.4 Å². The molecule has 0 atom stereocenters. The van der Waals surface area contributed by atoms with Gasteiger partial charge in [0.1, 0.15) is 5.75 Å². The minimum Gasteiger partial charge on any atom is -0.497 e. The first-order valence-electron chi connectivity index (χ1n) is 8.69. The van der Waals surface area contributed by atoms with Crippen LogP contribution in [-0.2, 0) is 14.3 Å². The highest BCUT2D eigenvalue weighted by molar-refractivity contribution is 6.09. The second kappa shape index (κ2) is 8.39. The van der Waals surface area contributed by atoms with E-state index in [1.165, 1.54) is 6.08 Å². The molecular formula is C21H19NO6. The smallest absolute Gasteiger partial charge is 0.422 e. The highest BCUT2D eigenvalue weighted by atomic mass is 16.6. The molecule has 0 spiro atoms. The average Bonchev–Trinajstić information content (AvgIpc) is 2.95. The summed E-state index contributed by atoms with van der Waals surface area (Å²) in [5.74, 6) is -0.864. The van der Waals surface area contributed by atoms with Gasteiger partial charge in [0.2, 0.25) is 0 Å². The van der Waals surface area contributed by atoms with Crippen LogP contribution in [0.15, 0.2) is 54.3 Å². The first-order valence-corrected chi connectivity index (χ1v) is 8.69.